The Kier molecular flexibility index (Phi) is 4.58. The second-order valence-corrected chi connectivity index (χ2v) is 8.10. The van der Waals surface area contributed by atoms with Crippen molar-refractivity contribution < 1.29 is 12.8 Å². The van der Waals surface area contributed by atoms with Crippen LogP contribution in [0, 0.1) is 26.6 Å². The summed E-state index contributed by atoms with van der Waals surface area (Å²) in [7, 11) is -2.26. The Morgan fingerprint density at radius 1 is 0.962 bits per heavy atom. The van der Waals surface area contributed by atoms with Gasteiger partial charge in [-0.2, -0.15) is 5.10 Å². The van der Waals surface area contributed by atoms with Gasteiger partial charge in [0, 0.05) is 7.05 Å². The standard InChI is InChI=1S/C19H20FN3O2S/c1-13-5-9-17(10-6-13)22(4)26(24,25)19-14(2)21-23(15(19)3)18-11-7-16(20)8-12-18/h5-12H,1-4H3. The third-order valence-electron chi connectivity index (χ3n) is 4.31. The second kappa shape index (κ2) is 6.57. The highest BCUT2D eigenvalue weighted by Gasteiger charge is 2.29. The molecule has 0 bridgehead atoms. The van der Waals surface area contributed by atoms with Crippen molar-refractivity contribution in [3.63, 3.8) is 0 Å². The van der Waals surface area contributed by atoms with Crippen molar-refractivity contribution in [2.24, 2.45) is 0 Å². The first kappa shape index (κ1) is 18.1. The van der Waals surface area contributed by atoms with Gasteiger partial charge in [0.1, 0.15) is 10.7 Å². The highest BCUT2D eigenvalue weighted by molar-refractivity contribution is 7.92. The lowest BCUT2D eigenvalue weighted by atomic mass is 10.2. The molecule has 0 saturated carbocycles. The maximum Gasteiger partial charge on any atom is 0.267 e. The number of hydrogen-bond acceptors (Lipinski definition) is 3. The molecule has 1 heterocycles. The Morgan fingerprint density at radius 2 is 1.54 bits per heavy atom. The molecular weight excluding hydrogens is 353 g/mol. The molecule has 0 aliphatic rings. The van der Waals surface area contributed by atoms with Crippen LogP contribution in [0.2, 0.25) is 0 Å². The van der Waals surface area contributed by atoms with Gasteiger partial charge < -0.3 is 0 Å². The lowest BCUT2D eigenvalue weighted by Gasteiger charge is -2.20. The van der Waals surface area contributed by atoms with Crippen molar-refractivity contribution in [1.82, 2.24) is 9.78 Å². The number of aryl methyl sites for hydroxylation is 2. The van der Waals surface area contributed by atoms with Crippen LogP contribution in [-0.2, 0) is 10.0 Å². The zero-order chi connectivity index (χ0) is 19.1. The molecule has 3 rings (SSSR count). The van der Waals surface area contributed by atoms with E-state index in [1.165, 1.54) is 28.2 Å². The highest BCUT2D eigenvalue weighted by atomic mass is 32.2. The van der Waals surface area contributed by atoms with E-state index in [0.717, 1.165) is 5.56 Å². The highest BCUT2D eigenvalue weighted by Crippen LogP contribution is 2.28. The molecule has 0 aliphatic carbocycles. The average molecular weight is 373 g/mol. The van der Waals surface area contributed by atoms with E-state index in [1.54, 1.807) is 38.1 Å². The number of anilines is 1. The number of benzene rings is 2. The van der Waals surface area contributed by atoms with Crippen LogP contribution in [0.5, 0.6) is 0 Å². The molecule has 0 amide bonds. The minimum absolute atomic E-state index is 0.157. The Bertz CT molecular complexity index is 1040. The van der Waals surface area contributed by atoms with E-state index < -0.39 is 10.0 Å². The Morgan fingerprint density at radius 3 is 2.12 bits per heavy atom. The van der Waals surface area contributed by atoms with Crippen molar-refractivity contribution in [1.29, 1.82) is 0 Å². The third-order valence-corrected chi connectivity index (χ3v) is 6.35. The summed E-state index contributed by atoms with van der Waals surface area (Å²) >= 11 is 0. The maximum atomic E-state index is 13.2. The summed E-state index contributed by atoms with van der Waals surface area (Å²) in [5.74, 6) is -0.359. The molecule has 0 spiro atoms. The normalized spacial score (nSPS) is 11.6. The van der Waals surface area contributed by atoms with Crippen molar-refractivity contribution in [2.45, 2.75) is 25.7 Å². The van der Waals surface area contributed by atoms with Crippen LogP contribution < -0.4 is 4.31 Å². The summed E-state index contributed by atoms with van der Waals surface area (Å²) in [6.45, 7) is 5.29. The Labute approximate surface area is 152 Å². The largest absolute Gasteiger partial charge is 0.269 e. The maximum absolute atomic E-state index is 13.2. The van der Waals surface area contributed by atoms with Crippen LogP contribution in [0.3, 0.4) is 0 Å². The van der Waals surface area contributed by atoms with Crippen molar-refractivity contribution in [2.75, 3.05) is 11.4 Å². The van der Waals surface area contributed by atoms with Crippen LogP contribution in [-0.4, -0.2) is 25.2 Å². The summed E-state index contributed by atoms with van der Waals surface area (Å²) in [6, 6.07) is 13.0. The Hall–Kier alpha value is -2.67. The second-order valence-electron chi connectivity index (χ2n) is 6.20. The first-order chi connectivity index (χ1) is 12.2. The number of rotatable bonds is 4. The molecule has 0 saturated heterocycles. The molecule has 0 N–H and O–H groups in total. The van der Waals surface area contributed by atoms with Gasteiger partial charge in [0.2, 0.25) is 0 Å². The van der Waals surface area contributed by atoms with Gasteiger partial charge >= 0.3 is 0 Å². The van der Waals surface area contributed by atoms with Gasteiger partial charge in [-0.1, -0.05) is 17.7 Å². The molecule has 0 fully saturated rings. The van der Waals surface area contributed by atoms with Crippen molar-refractivity contribution in [3.8, 4) is 5.69 Å². The van der Waals surface area contributed by atoms with Gasteiger partial charge in [-0.3, -0.25) is 4.31 Å². The third kappa shape index (κ3) is 3.10. The predicted molar refractivity (Wildman–Crippen MR) is 99.8 cm³/mol. The van der Waals surface area contributed by atoms with E-state index >= 15 is 0 Å². The molecule has 0 atom stereocenters. The predicted octanol–water partition coefficient (Wildman–Crippen LogP) is 3.76. The smallest absolute Gasteiger partial charge is 0.267 e. The number of nitrogens with zero attached hydrogens (tertiary/aromatic N) is 3. The Balaban J connectivity index is 2.08. The van der Waals surface area contributed by atoms with E-state index in [-0.39, 0.29) is 10.7 Å². The number of aromatic nitrogens is 2. The molecular formula is C19H20FN3O2S. The molecule has 1 aromatic heterocycles. The van der Waals surface area contributed by atoms with Gasteiger partial charge in [0.05, 0.1) is 22.8 Å². The topological polar surface area (TPSA) is 55.2 Å². The SMILES string of the molecule is Cc1ccc(N(C)S(=O)(=O)c2c(C)nn(-c3ccc(F)cc3)c2C)cc1. The molecule has 0 radical (unpaired) electrons. The molecule has 26 heavy (non-hydrogen) atoms. The summed E-state index contributed by atoms with van der Waals surface area (Å²) < 4.78 is 42.3. The van der Waals surface area contributed by atoms with Crippen LogP contribution in [0.15, 0.2) is 53.4 Å². The average Bonchev–Trinajstić information content (AvgIpc) is 2.90. The minimum Gasteiger partial charge on any atom is -0.269 e. The molecule has 2 aromatic carbocycles. The lowest BCUT2D eigenvalue weighted by molar-refractivity contribution is 0.593. The van der Waals surface area contributed by atoms with E-state index in [4.69, 9.17) is 0 Å². The fourth-order valence-electron chi connectivity index (χ4n) is 2.87. The summed E-state index contributed by atoms with van der Waals surface area (Å²) in [6.07, 6.45) is 0. The van der Waals surface area contributed by atoms with E-state index in [1.807, 2.05) is 19.1 Å². The molecule has 7 heteroatoms. The van der Waals surface area contributed by atoms with Gasteiger partial charge in [0.25, 0.3) is 10.0 Å². The first-order valence-corrected chi connectivity index (χ1v) is 9.53. The van der Waals surface area contributed by atoms with Gasteiger partial charge in [-0.15, -0.1) is 0 Å². The number of hydrogen-bond donors (Lipinski definition) is 0. The molecule has 0 unspecified atom stereocenters. The van der Waals surface area contributed by atoms with Crippen molar-refractivity contribution in [3.05, 3.63) is 71.3 Å². The number of sulfonamides is 1. The monoisotopic (exact) mass is 373 g/mol. The van der Waals surface area contributed by atoms with Gasteiger partial charge in [-0.25, -0.2) is 17.5 Å². The minimum atomic E-state index is -3.79. The number of halogens is 1. The van der Waals surface area contributed by atoms with Gasteiger partial charge in [-0.05, 0) is 57.2 Å². The first-order valence-electron chi connectivity index (χ1n) is 8.09. The summed E-state index contributed by atoms with van der Waals surface area (Å²) in [5.41, 5.74) is 3.10. The molecule has 136 valence electrons. The van der Waals surface area contributed by atoms with Crippen LogP contribution >= 0.6 is 0 Å². The van der Waals surface area contributed by atoms with Crippen LogP contribution in [0.4, 0.5) is 10.1 Å². The molecule has 3 aromatic rings. The zero-order valence-electron chi connectivity index (χ0n) is 15.1. The van der Waals surface area contributed by atoms with Crippen LogP contribution in [0.1, 0.15) is 17.0 Å². The summed E-state index contributed by atoms with van der Waals surface area (Å²) in [5, 5.41) is 4.35. The zero-order valence-corrected chi connectivity index (χ0v) is 15.9. The van der Waals surface area contributed by atoms with Crippen molar-refractivity contribution >= 4 is 15.7 Å². The van der Waals surface area contributed by atoms with E-state index in [9.17, 15) is 12.8 Å². The molecule has 0 aliphatic heterocycles. The van der Waals surface area contributed by atoms with E-state index in [2.05, 4.69) is 5.10 Å². The lowest BCUT2D eigenvalue weighted by Crippen LogP contribution is -2.27. The van der Waals surface area contributed by atoms with Crippen LogP contribution in [0.25, 0.3) is 5.69 Å². The summed E-state index contributed by atoms with van der Waals surface area (Å²) in [4.78, 5) is 0.157. The van der Waals surface area contributed by atoms with Gasteiger partial charge in [0.15, 0.2) is 0 Å². The van der Waals surface area contributed by atoms with E-state index in [0.29, 0.717) is 22.8 Å². The fourth-order valence-corrected chi connectivity index (χ4v) is 4.41. The fraction of sp³-hybridized carbons (Fsp3) is 0.211. The quantitative estimate of drug-likeness (QED) is 0.700. The molecule has 5 nitrogen and oxygen atoms in total.